The molecule has 1 aromatic carbocycles. The SMILES string of the molecule is COCCn1c(C(=O)ONNC(=O)c2ccc(F)cc2)cccc1=O. The van der Waals surface area contributed by atoms with Crippen LogP contribution in [0.5, 0.6) is 0 Å². The van der Waals surface area contributed by atoms with Crippen molar-refractivity contribution in [3.63, 3.8) is 0 Å². The number of carbonyl (C=O) groups is 2. The molecule has 2 aromatic rings. The number of halogens is 1. The summed E-state index contributed by atoms with van der Waals surface area (Å²) in [5.74, 6) is -1.97. The highest BCUT2D eigenvalue weighted by Gasteiger charge is 2.14. The highest BCUT2D eigenvalue weighted by atomic mass is 19.1. The van der Waals surface area contributed by atoms with E-state index in [-0.39, 0.29) is 30.0 Å². The molecule has 1 aromatic heterocycles. The highest BCUT2D eigenvalue weighted by Crippen LogP contribution is 2.02. The maximum Gasteiger partial charge on any atom is 0.375 e. The van der Waals surface area contributed by atoms with E-state index in [1.807, 2.05) is 5.59 Å². The molecule has 1 heterocycles. The van der Waals surface area contributed by atoms with Gasteiger partial charge in [-0.05, 0) is 30.3 Å². The minimum atomic E-state index is -0.867. The Bertz CT molecular complexity index is 804. The summed E-state index contributed by atoms with van der Waals surface area (Å²) in [5.41, 5.74) is 3.91. The van der Waals surface area contributed by atoms with Crippen molar-refractivity contribution in [3.8, 4) is 0 Å². The molecule has 25 heavy (non-hydrogen) atoms. The van der Waals surface area contributed by atoms with Crippen LogP contribution in [0, 0.1) is 5.82 Å². The van der Waals surface area contributed by atoms with Gasteiger partial charge in [0.2, 0.25) is 0 Å². The molecule has 0 unspecified atom stereocenters. The van der Waals surface area contributed by atoms with Gasteiger partial charge >= 0.3 is 5.97 Å². The fourth-order valence-electron chi connectivity index (χ4n) is 1.96. The Hall–Kier alpha value is -3.04. The third-order valence-electron chi connectivity index (χ3n) is 3.19. The van der Waals surface area contributed by atoms with Crippen LogP contribution in [0.1, 0.15) is 20.8 Å². The number of benzene rings is 1. The second-order valence-corrected chi connectivity index (χ2v) is 4.85. The van der Waals surface area contributed by atoms with Gasteiger partial charge in [-0.1, -0.05) is 11.7 Å². The Kier molecular flexibility index (Phi) is 6.38. The van der Waals surface area contributed by atoms with Crippen molar-refractivity contribution in [3.05, 3.63) is 69.9 Å². The quantitative estimate of drug-likeness (QED) is 0.712. The summed E-state index contributed by atoms with van der Waals surface area (Å²) in [6, 6.07) is 8.92. The van der Waals surface area contributed by atoms with Crippen LogP contribution in [-0.2, 0) is 16.1 Å². The third kappa shape index (κ3) is 4.96. The number of carbonyl (C=O) groups excluding carboxylic acids is 2. The summed E-state index contributed by atoms with van der Waals surface area (Å²) in [7, 11) is 1.47. The van der Waals surface area contributed by atoms with Crippen LogP contribution in [0.3, 0.4) is 0 Å². The van der Waals surface area contributed by atoms with Crippen molar-refractivity contribution in [2.45, 2.75) is 6.54 Å². The molecule has 0 saturated carbocycles. The van der Waals surface area contributed by atoms with E-state index in [0.29, 0.717) is 0 Å². The standard InChI is InChI=1S/C16H16FN3O5/c1-24-10-9-20-13(3-2-4-14(20)21)16(23)25-19-18-15(22)11-5-7-12(17)8-6-11/h2-8,19H,9-10H2,1H3,(H,18,22). The minimum absolute atomic E-state index is 0.00641. The smallest absolute Gasteiger partial charge is 0.375 e. The van der Waals surface area contributed by atoms with Crippen LogP contribution in [-0.4, -0.2) is 30.2 Å². The van der Waals surface area contributed by atoms with Crippen molar-refractivity contribution in [1.29, 1.82) is 0 Å². The van der Waals surface area contributed by atoms with Crippen molar-refractivity contribution >= 4 is 11.9 Å². The van der Waals surface area contributed by atoms with Gasteiger partial charge in [-0.2, -0.15) is 0 Å². The molecular formula is C16H16FN3O5. The lowest BCUT2D eigenvalue weighted by atomic mass is 10.2. The number of nitrogens with zero attached hydrogens (tertiary/aromatic N) is 1. The molecule has 8 nitrogen and oxygen atoms in total. The Morgan fingerprint density at radius 3 is 2.56 bits per heavy atom. The van der Waals surface area contributed by atoms with E-state index in [4.69, 9.17) is 9.57 Å². The topological polar surface area (TPSA) is 98.7 Å². The summed E-state index contributed by atoms with van der Waals surface area (Å²) in [5, 5.41) is 0. The van der Waals surface area contributed by atoms with Gasteiger partial charge in [-0.15, -0.1) is 0 Å². The zero-order chi connectivity index (χ0) is 18.2. The molecule has 0 aliphatic carbocycles. The number of amides is 1. The number of hydrazine groups is 1. The Balaban J connectivity index is 1.96. The van der Waals surface area contributed by atoms with E-state index < -0.39 is 17.7 Å². The third-order valence-corrected chi connectivity index (χ3v) is 3.19. The average Bonchev–Trinajstić information content (AvgIpc) is 2.61. The van der Waals surface area contributed by atoms with Crippen molar-refractivity contribution in [2.75, 3.05) is 13.7 Å². The average molecular weight is 349 g/mol. The number of ether oxygens (including phenoxy) is 1. The highest BCUT2D eigenvalue weighted by molar-refractivity contribution is 5.94. The normalized spacial score (nSPS) is 10.3. The largest absolute Gasteiger partial charge is 0.383 e. The maximum atomic E-state index is 12.8. The first kappa shape index (κ1) is 18.3. The lowest BCUT2D eigenvalue weighted by Crippen LogP contribution is -2.40. The van der Waals surface area contributed by atoms with Crippen LogP contribution in [0.15, 0.2) is 47.3 Å². The second-order valence-electron chi connectivity index (χ2n) is 4.85. The molecule has 2 rings (SSSR count). The van der Waals surface area contributed by atoms with Gasteiger partial charge in [0.15, 0.2) is 0 Å². The van der Waals surface area contributed by atoms with E-state index in [2.05, 4.69) is 5.43 Å². The number of aromatic nitrogens is 1. The van der Waals surface area contributed by atoms with Gasteiger partial charge in [0.1, 0.15) is 11.5 Å². The number of methoxy groups -OCH3 is 1. The predicted molar refractivity (Wildman–Crippen MR) is 85.0 cm³/mol. The lowest BCUT2D eigenvalue weighted by molar-refractivity contribution is 0.0123. The van der Waals surface area contributed by atoms with Crippen LogP contribution in [0.25, 0.3) is 0 Å². The number of nitrogens with one attached hydrogen (secondary N) is 2. The summed E-state index contributed by atoms with van der Waals surface area (Å²) in [6.45, 7) is 0.404. The fraction of sp³-hybridized carbons (Fsp3) is 0.188. The molecule has 0 saturated heterocycles. The first-order chi connectivity index (χ1) is 12.0. The van der Waals surface area contributed by atoms with Crippen molar-refractivity contribution in [1.82, 2.24) is 15.6 Å². The molecule has 132 valence electrons. The lowest BCUT2D eigenvalue weighted by Gasteiger charge is -2.12. The molecule has 0 fully saturated rings. The molecule has 0 bridgehead atoms. The van der Waals surface area contributed by atoms with Crippen LogP contribution in [0.2, 0.25) is 0 Å². The molecule has 0 radical (unpaired) electrons. The minimum Gasteiger partial charge on any atom is -0.383 e. The summed E-state index contributed by atoms with van der Waals surface area (Å²) >= 11 is 0. The van der Waals surface area contributed by atoms with Crippen LogP contribution in [0.4, 0.5) is 4.39 Å². The number of hydrogen-bond acceptors (Lipinski definition) is 6. The zero-order valence-corrected chi connectivity index (χ0v) is 13.3. The molecule has 0 atom stereocenters. The number of pyridine rings is 1. The van der Waals surface area contributed by atoms with Crippen molar-refractivity contribution < 1.29 is 23.6 Å². The fourth-order valence-corrected chi connectivity index (χ4v) is 1.96. The van der Waals surface area contributed by atoms with E-state index in [1.165, 1.54) is 42.0 Å². The van der Waals surface area contributed by atoms with E-state index in [0.717, 1.165) is 12.1 Å². The van der Waals surface area contributed by atoms with Gasteiger partial charge in [0.25, 0.3) is 11.5 Å². The van der Waals surface area contributed by atoms with Gasteiger partial charge < -0.3 is 14.1 Å². The molecule has 9 heteroatoms. The van der Waals surface area contributed by atoms with E-state index in [9.17, 15) is 18.8 Å². The summed E-state index contributed by atoms with van der Waals surface area (Å²) in [4.78, 5) is 40.4. The van der Waals surface area contributed by atoms with E-state index >= 15 is 0 Å². The first-order valence-corrected chi connectivity index (χ1v) is 7.24. The molecule has 1 amide bonds. The van der Waals surface area contributed by atoms with Gasteiger partial charge in [0, 0.05) is 25.3 Å². The maximum absolute atomic E-state index is 12.8. The van der Waals surface area contributed by atoms with Crippen molar-refractivity contribution in [2.24, 2.45) is 0 Å². The molecule has 0 spiro atoms. The van der Waals surface area contributed by atoms with Gasteiger partial charge in [-0.25, -0.2) is 9.18 Å². The molecule has 0 aliphatic rings. The Morgan fingerprint density at radius 2 is 1.88 bits per heavy atom. The summed E-state index contributed by atoms with van der Waals surface area (Å²) in [6.07, 6.45) is 0. The van der Waals surface area contributed by atoms with Gasteiger partial charge in [-0.3, -0.25) is 15.0 Å². The summed E-state index contributed by atoms with van der Waals surface area (Å²) < 4.78 is 18.9. The van der Waals surface area contributed by atoms with Crippen LogP contribution < -0.4 is 16.6 Å². The number of rotatable bonds is 7. The Morgan fingerprint density at radius 1 is 1.16 bits per heavy atom. The second kappa shape index (κ2) is 8.71. The zero-order valence-electron chi connectivity index (χ0n) is 13.3. The predicted octanol–water partition coefficient (Wildman–Crippen LogP) is 0.640. The molecule has 0 aliphatic heterocycles. The first-order valence-electron chi connectivity index (χ1n) is 7.24. The number of hydrogen-bond donors (Lipinski definition) is 2. The Labute approximate surface area is 142 Å². The van der Waals surface area contributed by atoms with Gasteiger partial charge in [0.05, 0.1) is 6.61 Å². The molecular weight excluding hydrogens is 333 g/mol. The van der Waals surface area contributed by atoms with E-state index in [1.54, 1.807) is 0 Å². The van der Waals surface area contributed by atoms with Crippen LogP contribution >= 0.6 is 0 Å². The monoisotopic (exact) mass is 349 g/mol. The molecule has 2 N–H and O–H groups in total.